The molecule has 118 valence electrons. The van der Waals surface area contributed by atoms with Gasteiger partial charge in [-0.2, -0.15) is 0 Å². The molecule has 6 heteroatoms. The van der Waals surface area contributed by atoms with E-state index in [0.717, 1.165) is 27.4 Å². The number of thiophene rings is 1. The highest BCUT2D eigenvalue weighted by Crippen LogP contribution is 2.33. The average Bonchev–Trinajstić information content (AvgIpc) is 3.17. The third-order valence-electron chi connectivity index (χ3n) is 3.43. The first-order chi connectivity index (χ1) is 11.1. The monoisotopic (exact) mass is 344 g/mol. The molecule has 3 aromatic rings. The van der Waals surface area contributed by atoms with Gasteiger partial charge in [0.25, 0.3) is 5.91 Å². The maximum Gasteiger partial charge on any atom is 0.267 e. The molecule has 0 unspecified atom stereocenters. The van der Waals surface area contributed by atoms with E-state index in [1.54, 1.807) is 13.2 Å². The van der Waals surface area contributed by atoms with Crippen LogP contribution in [0.25, 0.3) is 11.3 Å². The van der Waals surface area contributed by atoms with E-state index in [-0.39, 0.29) is 5.91 Å². The summed E-state index contributed by atoms with van der Waals surface area (Å²) in [5.41, 5.74) is 2.97. The Hall–Kier alpha value is -2.18. The van der Waals surface area contributed by atoms with Gasteiger partial charge in [-0.3, -0.25) is 10.1 Å². The molecule has 0 radical (unpaired) electrons. The molecule has 0 saturated heterocycles. The average molecular weight is 344 g/mol. The van der Waals surface area contributed by atoms with Gasteiger partial charge in [-0.15, -0.1) is 22.7 Å². The van der Waals surface area contributed by atoms with Gasteiger partial charge >= 0.3 is 0 Å². The van der Waals surface area contributed by atoms with Gasteiger partial charge in [0.2, 0.25) is 0 Å². The second kappa shape index (κ2) is 6.52. The van der Waals surface area contributed by atoms with E-state index in [9.17, 15) is 4.79 Å². The van der Waals surface area contributed by atoms with Gasteiger partial charge in [0.15, 0.2) is 5.13 Å². The van der Waals surface area contributed by atoms with Crippen LogP contribution >= 0.6 is 22.7 Å². The summed E-state index contributed by atoms with van der Waals surface area (Å²) < 4.78 is 5.29. The molecule has 0 spiro atoms. The number of carbonyl (C=O) groups is 1. The highest BCUT2D eigenvalue weighted by molar-refractivity contribution is 7.16. The summed E-state index contributed by atoms with van der Waals surface area (Å²) in [7, 11) is 1.66. The predicted octanol–water partition coefficient (Wildman–Crippen LogP) is 4.75. The summed E-state index contributed by atoms with van der Waals surface area (Å²) in [4.78, 5) is 18.4. The smallest absolute Gasteiger partial charge is 0.267 e. The van der Waals surface area contributed by atoms with Crippen molar-refractivity contribution in [3.63, 3.8) is 0 Å². The third-order valence-corrected chi connectivity index (χ3v) is 5.19. The summed E-state index contributed by atoms with van der Waals surface area (Å²) in [6.45, 7) is 4.01. The van der Waals surface area contributed by atoms with Crippen molar-refractivity contribution in [2.45, 2.75) is 13.8 Å². The Kier molecular flexibility index (Phi) is 4.45. The SMILES string of the molecule is COc1ccc(-c2nc(NC(=O)c3cccs3)sc2C)cc1C. The molecule has 4 nitrogen and oxygen atoms in total. The van der Waals surface area contributed by atoms with Gasteiger partial charge in [-0.05, 0) is 49.1 Å². The number of rotatable bonds is 4. The molecule has 23 heavy (non-hydrogen) atoms. The predicted molar refractivity (Wildman–Crippen MR) is 95.8 cm³/mol. The van der Waals surface area contributed by atoms with E-state index in [0.29, 0.717) is 10.0 Å². The fourth-order valence-corrected chi connectivity index (χ4v) is 3.76. The first-order valence-corrected chi connectivity index (χ1v) is 8.75. The summed E-state index contributed by atoms with van der Waals surface area (Å²) in [6, 6.07) is 9.63. The topological polar surface area (TPSA) is 51.2 Å². The molecule has 2 heterocycles. The Balaban J connectivity index is 1.86. The van der Waals surface area contributed by atoms with Gasteiger partial charge in [-0.25, -0.2) is 4.98 Å². The van der Waals surface area contributed by atoms with E-state index in [2.05, 4.69) is 10.3 Å². The highest BCUT2D eigenvalue weighted by Gasteiger charge is 2.14. The molecule has 1 amide bonds. The summed E-state index contributed by atoms with van der Waals surface area (Å²) in [5, 5.41) is 5.36. The number of aromatic nitrogens is 1. The van der Waals surface area contributed by atoms with Crippen LogP contribution in [0.15, 0.2) is 35.7 Å². The van der Waals surface area contributed by atoms with Crippen LogP contribution in [0.2, 0.25) is 0 Å². The molecular weight excluding hydrogens is 328 g/mol. The zero-order valence-corrected chi connectivity index (χ0v) is 14.7. The molecule has 0 aliphatic rings. The van der Waals surface area contributed by atoms with E-state index in [1.165, 1.54) is 22.7 Å². The molecule has 0 saturated carbocycles. The van der Waals surface area contributed by atoms with Crippen LogP contribution in [0, 0.1) is 13.8 Å². The summed E-state index contributed by atoms with van der Waals surface area (Å²) in [5.74, 6) is 0.735. The number of aryl methyl sites for hydroxylation is 2. The third kappa shape index (κ3) is 3.28. The first kappa shape index (κ1) is 15.7. The number of thiazole rings is 1. The lowest BCUT2D eigenvalue weighted by Gasteiger charge is -2.06. The van der Waals surface area contributed by atoms with Gasteiger partial charge in [0.1, 0.15) is 5.75 Å². The van der Waals surface area contributed by atoms with Crippen LogP contribution in [0.4, 0.5) is 5.13 Å². The maximum absolute atomic E-state index is 12.1. The van der Waals surface area contributed by atoms with Crippen molar-refractivity contribution in [3.8, 4) is 17.0 Å². The van der Waals surface area contributed by atoms with Crippen molar-refractivity contribution in [1.29, 1.82) is 0 Å². The molecule has 1 N–H and O–H groups in total. The molecule has 0 aliphatic heterocycles. The number of benzene rings is 1. The van der Waals surface area contributed by atoms with Crippen LogP contribution in [0.3, 0.4) is 0 Å². The molecule has 0 bridgehead atoms. The Morgan fingerprint density at radius 3 is 2.74 bits per heavy atom. The Labute approximate surface area is 142 Å². The van der Waals surface area contributed by atoms with Gasteiger partial charge in [0.05, 0.1) is 17.7 Å². The van der Waals surface area contributed by atoms with Crippen LogP contribution in [-0.2, 0) is 0 Å². The molecule has 0 atom stereocenters. The lowest BCUT2D eigenvalue weighted by atomic mass is 10.1. The van der Waals surface area contributed by atoms with Crippen molar-refractivity contribution in [2.24, 2.45) is 0 Å². The molecule has 2 aromatic heterocycles. The molecule has 0 fully saturated rings. The van der Waals surface area contributed by atoms with E-state index in [4.69, 9.17) is 4.74 Å². The number of hydrogen-bond donors (Lipinski definition) is 1. The highest BCUT2D eigenvalue weighted by atomic mass is 32.1. The Bertz CT molecular complexity index is 838. The lowest BCUT2D eigenvalue weighted by molar-refractivity contribution is 0.103. The van der Waals surface area contributed by atoms with Crippen LogP contribution in [0.5, 0.6) is 5.75 Å². The number of methoxy groups -OCH3 is 1. The van der Waals surface area contributed by atoms with Crippen molar-refractivity contribution < 1.29 is 9.53 Å². The van der Waals surface area contributed by atoms with E-state index < -0.39 is 0 Å². The van der Waals surface area contributed by atoms with Gasteiger partial charge in [-0.1, -0.05) is 6.07 Å². The Morgan fingerprint density at radius 1 is 1.26 bits per heavy atom. The molecule has 3 rings (SSSR count). The molecule has 0 aliphatic carbocycles. The van der Waals surface area contributed by atoms with Crippen molar-refractivity contribution in [2.75, 3.05) is 12.4 Å². The van der Waals surface area contributed by atoms with Crippen LogP contribution in [0.1, 0.15) is 20.1 Å². The minimum atomic E-state index is -0.119. The number of nitrogens with zero attached hydrogens (tertiary/aromatic N) is 1. The lowest BCUT2D eigenvalue weighted by Crippen LogP contribution is -2.09. The minimum Gasteiger partial charge on any atom is -0.496 e. The zero-order valence-electron chi connectivity index (χ0n) is 13.0. The van der Waals surface area contributed by atoms with Gasteiger partial charge in [0, 0.05) is 10.4 Å². The minimum absolute atomic E-state index is 0.119. The van der Waals surface area contributed by atoms with Gasteiger partial charge < -0.3 is 4.74 Å². The zero-order chi connectivity index (χ0) is 16.4. The number of amides is 1. The van der Waals surface area contributed by atoms with Crippen molar-refractivity contribution in [3.05, 3.63) is 51.0 Å². The number of hydrogen-bond acceptors (Lipinski definition) is 5. The maximum atomic E-state index is 12.1. The number of carbonyl (C=O) groups excluding carboxylic acids is 1. The quantitative estimate of drug-likeness (QED) is 0.743. The summed E-state index contributed by atoms with van der Waals surface area (Å²) >= 11 is 2.90. The molecule has 1 aromatic carbocycles. The second-order valence-corrected chi connectivity index (χ2v) is 7.19. The largest absolute Gasteiger partial charge is 0.496 e. The van der Waals surface area contributed by atoms with Crippen molar-refractivity contribution in [1.82, 2.24) is 4.98 Å². The number of ether oxygens (including phenoxy) is 1. The van der Waals surface area contributed by atoms with Crippen LogP contribution < -0.4 is 10.1 Å². The normalized spacial score (nSPS) is 10.6. The van der Waals surface area contributed by atoms with Crippen LogP contribution in [-0.4, -0.2) is 18.0 Å². The van der Waals surface area contributed by atoms with E-state index >= 15 is 0 Å². The number of nitrogens with one attached hydrogen (secondary N) is 1. The standard InChI is InChI=1S/C17H16N2O2S2/c1-10-9-12(6-7-13(10)21-3)15-11(2)23-17(18-15)19-16(20)14-5-4-8-22-14/h4-9H,1-3H3,(H,18,19,20). The Morgan fingerprint density at radius 2 is 2.09 bits per heavy atom. The fraction of sp³-hybridized carbons (Fsp3) is 0.176. The van der Waals surface area contributed by atoms with E-state index in [1.807, 2.05) is 43.5 Å². The number of anilines is 1. The first-order valence-electron chi connectivity index (χ1n) is 7.06. The fourth-order valence-electron chi connectivity index (χ4n) is 2.31. The summed E-state index contributed by atoms with van der Waals surface area (Å²) in [6.07, 6.45) is 0. The second-order valence-electron chi connectivity index (χ2n) is 5.04. The molecular formula is C17H16N2O2S2. The van der Waals surface area contributed by atoms with Crippen molar-refractivity contribution >= 4 is 33.7 Å².